The minimum atomic E-state index is -0.768. The van der Waals surface area contributed by atoms with Crippen LogP contribution in [-0.4, -0.2) is 24.5 Å². The summed E-state index contributed by atoms with van der Waals surface area (Å²) in [5, 5.41) is 3.74. The number of hydrogen-bond acceptors (Lipinski definition) is 6. The Hall–Kier alpha value is -3.32. The van der Waals surface area contributed by atoms with Crippen molar-refractivity contribution in [3.63, 3.8) is 0 Å². The SMILES string of the molecule is CCC(C)NC(=O)c1cc2ccc(OC(=O)COc3cccc(Cl)c3)cc2oc1=O. The molecule has 3 rings (SSSR count). The molecule has 1 unspecified atom stereocenters. The third-order valence-electron chi connectivity index (χ3n) is 4.33. The molecule has 0 bridgehead atoms. The number of carbonyl (C=O) groups excluding carboxylic acids is 2. The number of rotatable bonds is 7. The number of fused-ring (bicyclic) bond motifs is 1. The third-order valence-corrected chi connectivity index (χ3v) is 4.56. The summed E-state index contributed by atoms with van der Waals surface area (Å²) in [5.74, 6) is -0.510. The third kappa shape index (κ3) is 5.39. The number of nitrogens with one attached hydrogen (secondary N) is 1. The quantitative estimate of drug-likeness (QED) is 0.347. The minimum Gasteiger partial charge on any atom is -0.482 e. The molecule has 30 heavy (non-hydrogen) atoms. The number of carbonyl (C=O) groups is 2. The summed E-state index contributed by atoms with van der Waals surface area (Å²) < 4.78 is 15.8. The Morgan fingerprint density at radius 2 is 1.93 bits per heavy atom. The molecule has 0 spiro atoms. The molecule has 0 saturated heterocycles. The van der Waals surface area contributed by atoms with Crippen molar-refractivity contribution in [2.45, 2.75) is 26.3 Å². The van der Waals surface area contributed by atoms with Crippen LogP contribution < -0.4 is 20.4 Å². The molecule has 1 atom stereocenters. The zero-order valence-corrected chi connectivity index (χ0v) is 17.2. The monoisotopic (exact) mass is 429 g/mol. The van der Waals surface area contributed by atoms with Crippen LogP contribution in [0.25, 0.3) is 11.0 Å². The van der Waals surface area contributed by atoms with Crippen LogP contribution in [0.3, 0.4) is 0 Å². The molecule has 0 saturated carbocycles. The van der Waals surface area contributed by atoms with Crippen molar-refractivity contribution in [2.24, 2.45) is 0 Å². The van der Waals surface area contributed by atoms with E-state index >= 15 is 0 Å². The van der Waals surface area contributed by atoms with Crippen LogP contribution in [0.15, 0.2) is 57.7 Å². The molecule has 2 aromatic carbocycles. The standard InChI is InChI=1S/C22H20ClNO6/c1-3-13(2)24-21(26)18-9-14-7-8-17(11-19(14)30-22(18)27)29-20(25)12-28-16-6-4-5-15(23)10-16/h4-11,13H,3,12H2,1-2H3,(H,24,26). The predicted molar refractivity (Wildman–Crippen MR) is 112 cm³/mol. The fourth-order valence-electron chi connectivity index (χ4n) is 2.58. The molecule has 0 aliphatic rings. The van der Waals surface area contributed by atoms with Crippen LogP contribution in [0.4, 0.5) is 0 Å². The van der Waals surface area contributed by atoms with Gasteiger partial charge in [0.2, 0.25) is 0 Å². The molecule has 1 N–H and O–H groups in total. The van der Waals surface area contributed by atoms with E-state index in [-0.39, 0.29) is 29.5 Å². The van der Waals surface area contributed by atoms with Gasteiger partial charge in [-0.3, -0.25) is 4.79 Å². The number of ether oxygens (including phenoxy) is 2. The van der Waals surface area contributed by atoms with Crippen LogP contribution in [0, 0.1) is 0 Å². The first-order chi connectivity index (χ1) is 14.4. The molecule has 1 aromatic heterocycles. The summed E-state index contributed by atoms with van der Waals surface area (Å²) in [7, 11) is 0. The van der Waals surface area contributed by atoms with E-state index in [9.17, 15) is 14.4 Å². The molecule has 0 radical (unpaired) electrons. The van der Waals surface area contributed by atoms with Crippen LogP contribution in [0.5, 0.6) is 11.5 Å². The van der Waals surface area contributed by atoms with E-state index in [1.165, 1.54) is 18.2 Å². The predicted octanol–water partition coefficient (Wildman–Crippen LogP) is 3.96. The van der Waals surface area contributed by atoms with E-state index in [4.69, 9.17) is 25.5 Å². The average Bonchev–Trinajstić information content (AvgIpc) is 2.71. The van der Waals surface area contributed by atoms with Gasteiger partial charge in [0.05, 0.1) is 0 Å². The van der Waals surface area contributed by atoms with E-state index < -0.39 is 17.5 Å². The largest absolute Gasteiger partial charge is 0.482 e. The van der Waals surface area contributed by atoms with Gasteiger partial charge in [0.25, 0.3) is 5.91 Å². The highest BCUT2D eigenvalue weighted by Crippen LogP contribution is 2.21. The lowest BCUT2D eigenvalue weighted by Crippen LogP contribution is -2.34. The van der Waals surface area contributed by atoms with Crippen LogP contribution >= 0.6 is 11.6 Å². The lowest BCUT2D eigenvalue weighted by molar-refractivity contribution is -0.136. The van der Waals surface area contributed by atoms with Crippen molar-refractivity contribution in [3.05, 3.63) is 69.5 Å². The van der Waals surface area contributed by atoms with Gasteiger partial charge in [0, 0.05) is 22.5 Å². The molecule has 156 valence electrons. The van der Waals surface area contributed by atoms with Gasteiger partial charge in [-0.2, -0.15) is 0 Å². The normalized spacial score (nSPS) is 11.7. The summed E-state index contributed by atoms with van der Waals surface area (Å²) in [6.45, 7) is 3.45. The molecule has 0 aliphatic heterocycles. The number of benzene rings is 2. The van der Waals surface area contributed by atoms with Crippen molar-refractivity contribution in [1.82, 2.24) is 5.32 Å². The maximum absolute atomic E-state index is 12.2. The summed E-state index contributed by atoms with van der Waals surface area (Å²) in [6, 6.07) is 12.6. The Balaban J connectivity index is 1.70. The zero-order valence-electron chi connectivity index (χ0n) is 16.4. The van der Waals surface area contributed by atoms with Gasteiger partial charge in [-0.15, -0.1) is 0 Å². The van der Waals surface area contributed by atoms with Gasteiger partial charge < -0.3 is 19.2 Å². The van der Waals surface area contributed by atoms with E-state index in [1.54, 1.807) is 30.3 Å². The molecule has 3 aromatic rings. The number of hydrogen-bond donors (Lipinski definition) is 1. The summed E-state index contributed by atoms with van der Waals surface area (Å²) in [4.78, 5) is 36.5. The fraction of sp³-hybridized carbons (Fsp3) is 0.227. The smallest absolute Gasteiger partial charge is 0.349 e. The Morgan fingerprint density at radius 3 is 2.67 bits per heavy atom. The van der Waals surface area contributed by atoms with Crippen molar-refractivity contribution < 1.29 is 23.5 Å². The van der Waals surface area contributed by atoms with Gasteiger partial charge in [-0.1, -0.05) is 24.6 Å². The van der Waals surface area contributed by atoms with Gasteiger partial charge >= 0.3 is 11.6 Å². The summed E-state index contributed by atoms with van der Waals surface area (Å²) >= 11 is 5.86. The number of halogens is 1. The summed E-state index contributed by atoms with van der Waals surface area (Å²) in [6.07, 6.45) is 0.737. The molecule has 0 fully saturated rings. The molecule has 8 heteroatoms. The highest BCUT2D eigenvalue weighted by molar-refractivity contribution is 6.30. The second-order valence-corrected chi connectivity index (χ2v) is 7.09. The zero-order chi connectivity index (χ0) is 21.7. The molecule has 1 heterocycles. The minimum absolute atomic E-state index is 0.0662. The van der Waals surface area contributed by atoms with Crippen LogP contribution in [0.2, 0.25) is 5.02 Å². The van der Waals surface area contributed by atoms with E-state index in [1.807, 2.05) is 13.8 Å². The van der Waals surface area contributed by atoms with E-state index in [2.05, 4.69) is 5.32 Å². The molecule has 7 nitrogen and oxygen atoms in total. The van der Waals surface area contributed by atoms with Gasteiger partial charge in [-0.25, -0.2) is 9.59 Å². The lowest BCUT2D eigenvalue weighted by Gasteiger charge is -2.11. The molecular formula is C22H20ClNO6. The Kier molecular flexibility index (Phi) is 6.74. The maximum atomic E-state index is 12.2. The Labute approximate surface area is 177 Å². The van der Waals surface area contributed by atoms with Crippen LogP contribution in [0.1, 0.15) is 30.6 Å². The maximum Gasteiger partial charge on any atom is 0.349 e. The first kappa shape index (κ1) is 21.4. The van der Waals surface area contributed by atoms with Gasteiger partial charge in [0.1, 0.15) is 22.6 Å². The van der Waals surface area contributed by atoms with E-state index in [0.29, 0.717) is 16.2 Å². The Bertz CT molecular complexity index is 1140. The summed E-state index contributed by atoms with van der Waals surface area (Å²) in [5.41, 5.74) is -0.653. The number of esters is 1. The fourth-order valence-corrected chi connectivity index (χ4v) is 2.76. The van der Waals surface area contributed by atoms with Gasteiger partial charge in [0.15, 0.2) is 6.61 Å². The average molecular weight is 430 g/mol. The van der Waals surface area contributed by atoms with Crippen molar-refractivity contribution in [3.8, 4) is 11.5 Å². The lowest BCUT2D eigenvalue weighted by atomic mass is 10.1. The second-order valence-electron chi connectivity index (χ2n) is 6.65. The van der Waals surface area contributed by atoms with E-state index in [0.717, 1.165) is 6.42 Å². The van der Waals surface area contributed by atoms with Crippen molar-refractivity contribution in [1.29, 1.82) is 0 Å². The molecule has 1 amide bonds. The first-order valence-corrected chi connectivity index (χ1v) is 9.71. The topological polar surface area (TPSA) is 94.8 Å². The molecule has 0 aliphatic carbocycles. The first-order valence-electron chi connectivity index (χ1n) is 9.33. The highest BCUT2D eigenvalue weighted by atomic mass is 35.5. The highest BCUT2D eigenvalue weighted by Gasteiger charge is 2.16. The Morgan fingerprint density at radius 1 is 1.13 bits per heavy atom. The van der Waals surface area contributed by atoms with Gasteiger partial charge in [-0.05, 0) is 49.7 Å². The second kappa shape index (κ2) is 9.45. The van der Waals surface area contributed by atoms with Crippen LogP contribution in [-0.2, 0) is 4.79 Å². The van der Waals surface area contributed by atoms with Crippen molar-refractivity contribution >= 4 is 34.4 Å². The molecular weight excluding hydrogens is 410 g/mol. The van der Waals surface area contributed by atoms with Crippen molar-refractivity contribution in [2.75, 3.05) is 6.61 Å². The number of amides is 1.